The minimum Gasteiger partial charge on any atom is -0.444 e. The number of hydrogen-bond donors (Lipinski definition) is 0. The third-order valence-electron chi connectivity index (χ3n) is 9.56. The van der Waals surface area contributed by atoms with Gasteiger partial charge in [0, 0.05) is 65.9 Å². The van der Waals surface area contributed by atoms with Gasteiger partial charge in [-0.05, 0) is 87.6 Å². The van der Waals surface area contributed by atoms with Crippen LogP contribution >= 0.6 is 11.8 Å². The quantitative estimate of drug-likeness (QED) is 0.400. The van der Waals surface area contributed by atoms with E-state index in [2.05, 4.69) is 49.2 Å². The van der Waals surface area contributed by atoms with Crippen LogP contribution in [-0.2, 0) is 9.47 Å². The number of carbonyl (C=O) groups excluding carboxylic acids is 1. The molecule has 0 aromatic carbocycles. The molecule has 5 aliphatic rings. The Morgan fingerprint density at radius 1 is 1.07 bits per heavy atom. The average molecular weight is 592 g/mol. The zero-order chi connectivity index (χ0) is 30.2. The van der Waals surface area contributed by atoms with E-state index in [9.17, 15) is 4.79 Å². The molecule has 5 heterocycles. The molecule has 4 aliphatic heterocycles. The molecular formula is C32H57N5O3S. The molecule has 1 aliphatic carbocycles. The van der Waals surface area contributed by atoms with Crippen LogP contribution in [0.4, 0.5) is 10.6 Å². The highest BCUT2D eigenvalue weighted by Gasteiger charge is 2.55. The highest BCUT2D eigenvalue weighted by molar-refractivity contribution is 7.99. The number of thioether (sulfide) groups is 1. The van der Waals surface area contributed by atoms with Gasteiger partial charge in [-0.25, -0.2) is 4.79 Å². The molecule has 1 amide bonds. The maximum atomic E-state index is 12.2. The molecule has 5 fully saturated rings. The summed E-state index contributed by atoms with van der Waals surface area (Å²) in [6, 6.07) is 1.16. The van der Waals surface area contributed by atoms with Crippen molar-refractivity contribution < 1.29 is 14.3 Å². The van der Waals surface area contributed by atoms with Crippen molar-refractivity contribution in [3.63, 3.8) is 0 Å². The van der Waals surface area contributed by atoms with Crippen LogP contribution in [0, 0.1) is 19.3 Å². The lowest BCUT2D eigenvalue weighted by molar-refractivity contribution is -0.0930. The summed E-state index contributed by atoms with van der Waals surface area (Å²) in [6.07, 6.45) is 6.36. The zero-order valence-electron chi connectivity index (χ0n) is 27.6. The van der Waals surface area contributed by atoms with Crippen LogP contribution in [0.15, 0.2) is 0 Å². The number of likely N-dealkylation sites (N-methyl/N-ethyl adjacent to an activating group) is 1. The molecule has 1 aromatic rings. The van der Waals surface area contributed by atoms with Gasteiger partial charge in [-0.1, -0.05) is 13.8 Å². The van der Waals surface area contributed by atoms with Crippen molar-refractivity contribution in [1.29, 1.82) is 0 Å². The molecule has 4 saturated heterocycles. The number of fused-ring (bicyclic) bond motifs is 1. The molecule has 9 heteroatoms. The van der Waals surface area contributed by atoms with Gasteiger partial charge in [0.15, 0.2) is 5.82 Å². The van der Waals surface area contributed by atoms with Gasteiger partial charge in [0.1, 0.15) is 5.60 Å². The number of nitrogens with zero attached hydrogens (tertiary/aromatic N) is 5. The van der Waals surface area contributed by atoms with Gasteiger partial charge >= 0.3 is 6.09 Å². The highest BCUT2D eigenvalue weighted by Crippen LogP contribution is 2.55. The van der Waals surface area contributed by atoms with E-state index >= 15 is 0 Å². The fraction of sp³-hybridized carbons (Fsp3) is 0.875. The number of likely N-dealkylation sites (tertiary alicyclic amines) is 1. The van der Waals surface area contributed by atoms with Crippen molar-refractivity contribution in [3.8, 4) is 0 Å². The molecule has 234 valence electrons. The number of anilines is 1. The van der Waals surface area contributed by atoms with Gasteiger partial charge in [-0.2, -0.15) is 16.9 Å². The predicted molar refractivity (Wildman–Crippen MR) is 170 cm³/mol. The number of carbonyl (C=O) groups is 1. The molecule has 6 rings (SSSR count). The summed E-state index contributed by atoms with van der Waals surface area (Å²) in [5, 5.41) is 5.11. The Bertz CT molecular complexity index is 1040. The smallest absolute Gasteiger partial charge is 0.410 e. The lowest BCUT2D eigenvalue weighted by Crippen LogP contribution is -2.64. The van der Waals surface area contributed by atoms with Crippen LogP contribution in [0.5, 0.6) is 0 Å². The van der Waals surface area contributed by atoms with Crippen molar-refractivity contribution in [1.82, 2.24) is 19.6 Å². The van der Waals surface area contributed by atoms with E-state index < -0.39 is 5.60 Å². The van der Waals surface area contributed by atoms with Gasteiger partial charge in [0.05, 0.1) is 18.8 Å². The Labute approximate surface area is 253 Å². The predicted octanol–water partition coefficient (Wildman–Crippen LogP) is 6.30. The Balaban J connectivity index is 0.000000268. The van der Waals surface area contributed by atoms with Gasteiger partial charge in [-0.15, -0.1) is 0 Å². The molecule has 2 unspecified atom stereocenters. The number of amides is 1. The van der Waals surface area contributed by atoms with E-state index in [0.29, 0.717) is 18.2 Å². The highest BCUT2D eigenvalue weighted by atomic mass is 32.2. The largest absolute Gasteiger partial charge is 0.444 e. The topological polar surface area (TPSA) is 63.1 Å². The number of piperidine rings is 1. The Morgan fingerprint density at radius 3 is 2.37 bits per heavy atom. The van der Waals surface area contributed by atoms with E-state index in [1.54, 1.807) is 0 Å². The fourth-order valence-corrected chi connectivity index (χ4v) is 8.45. The van der Waals surface area contributed by atoms with E-state index in [1.807, 2.05) is 51.3 Å². The van der Waals surface area contributed by atoms with E-state index in [-0.39, 0.29) is 17.0 Å². The first-order valence-corrected chi connectivity index (χ1v) is 17.1. The molecule has 1 spiro atoms. The number of aromatic nitrogens is 2. The third-order valence-corrected chi connectivity index (χ3v) is 10.7. The summed E-state index contributed by atoms with van der Waals surface area (Å²) >= 11 is 2.02. The van der Waals surface area contributed by atoms with Gasteiger partial charge in [0.25, 0.3) is 0 Å². The van der Waals surface area contributed by atoms with Crippen LogP contribution in [0.3, 0.4) is 0 Å². The molecule has 0 bridgehead atoms. The minimum absolute atomic E-state index is 0.174. The number of morpholine rings is 1. The van der Waals surface area contributed by atoms with Crippen LogP contribution in [0.1, 0.15) is 97.9 Å². The van der Waals surface area contributed by atoms with Crippen molar-refractivity contribution in [2.75, 3.05) is 56.2 Å². The molecule has 0 N–H and O–H groups in total. The average Bonchev–Trinajstić information content (AvgIpc) is 3.44. The monoisotopic (exact) mass is 591 g/mol. The van der Waals surface area contributed by atoms with Crippen LogP contribution in [0.2, 0.25) is 0 Å². The van der Waals surface area contributed by atoms with E-state index in [1.165, 1.54) is 47.8 Å². The minimum atomic E-state index is -0.426. The van der Waals surface area contributed by atoms with Gasteiger partial charge in [0.2, 0.25) is 0 Å². The second-order valence-electron chi connectivity index (χ2n) is 14.3. The zero-order valence-corrected chi connectivity index (χ0v) is 28.4. The number of hydrogen-bond acceptors (Lipinski definition) is 7. The summed E-state index contributed by atoms with van der Waals surface area (Å²) in [6.45, 7) is 23.7. The maximum absolute atomic E-state index is 12.2. The summed E-state index contributed by atoms with van der Waals surface area (Å²) in [5.74, 6) is 3.65. The summed E-state index contributed by atoms with van der Waals surface area (Å²) in [4.78, 5) is 19.0. The van der Waals surface area contributed by atoms with Crippen LogP contribution in [0.25, 0.3) is 0 Å². The molecule has 1 saturated carbocycles. The van der Waals surface area contributed by atoms with Crippen molar-refractivity contribution >= 4 is 23.7 Å². The van der Waals surface area contributed by atoms with Crippen LogP contribution < -0.4 is 4.90 Å². The third kappa shape index (κ3) is 7.04. The first-order valence-electron chi connectivity index (χ1n) is 16.0. The first kappa shape index (κ1) is 32.5. The molecule has 8 nitrogen and oxygen atoms in total. The van der Waals surface area contributed by atoms with Gasteiger partial charge < -0.3 is 19.3 Å². The number of rotatable bonds is 2. The lowest BCUT2D eigenvalue weighted by Gasteiger charge is -2.58. The van der Waals surface area contributed by atoms with Crippen molar-refractivity contribution in [2.24, 2.45) is 5.41 Å². The Morgan fingerprint density at radius 2 is 1.76 bits per heavy atom. The molecule has 41 heavy (non-hydrogen) atoms. The van der Waals surface area contributed by atoms with Crippen LogP contribution in [-0.4, -0.2) is 100 Å². The molecule has 1 aromatic heterocycles. The fourth-order valence-electron chi connectivity index (χ4n) is 7.05. The molecule has 0 radical (unpaired) electrons. The summed E-state index contributed by atoms with van der Waals surface area (Å²) in [5.41, 5.74) is 2.65. The first-order chi connectivity index (χ1) is 19.3. The molecule has 2 atom stereocenters. The summed E-state index contributed by atoms with van der Waals surface area (Å²) < 4.78 is 13.4. The van der Waals surface area contributed by atoms with E-state index in [0.717, 1.165) is 45.6 Å². The normalized spacial score (nSPS) is 27.1. The second-order valence-corrected chi connectivity index (χ2v) is 15.4. The van der Waals surface area contributed by atoms with Crippen molar-refractivity contribution in [3.05, 3.63) is 11.3 Å². The SMILES string of the molecule is CC.CN1CCOC2CSCC21.Cc1c(N2CCCCC2(C)C)nn(C2CC3(C2)CN(C(=O)OC(C)(C)C)C3)c1C. The maximum Gasteiger partial charge on any atom is 0.410 e. The summed E-state index contributed by atoms with van der Waals surface area (Å²) in [7, 11) is 2.20. The molecular weight excluding hydrogens is 534 g/mol. The van der Waals surface area contributed by atoms with E-state index in [4.69, 9.17) is 14.6 Å². The number of ether oxygens (including phenoxy) is 2. The lowest BCUT2D eigenvalue weighted by atomic mass is 9.61. The second kappa shape index (κ2) is 12.7. The Hall–Kier alpha value is -1.45. The van der Waals surface area contributed by atoms with Gasteiger partial charge in [-0.3, -0.25) is 9.58 Å². The standard InChI is InChI=1S/C23H38N4O2.C7H13NOS.C2H6/c1-16-17(2)27(24-19(16)26-11-9-8-10-22(26,6)7)18-12-23(13-18)14-25(15-23)20(28)29-21(3,4)5;1-8-2-3-9-7-5-10-4-6(7)8;1-2/h18H,8-15H2,1-7H3;6-7H,2-5H2,1H3;1-2H3. The van der Waals surface area contributed by atoms with Crippen molar-refractivity contribution in [2.45, 2.75) is 124 Å². The Kier molecular flexibility index (Phi) is 10.0.